The minimum absolute atomic E-state index is 0.992. The molecule has 0 bridgehead atoms. The van der Waals surface area contributed by atoms with Crippen molar-refractivity contribution in [2.24, 2.45) is 0 Å². The third kappa shape index (κ3) is 7.56. The van der Waals surface area contributed by atoms with Crippen LogP contribution < -0.4 is 0 Å². The molecular weight excluding hydrogens is 108 g/mol. The molecule has 0 atom stereocenters. The van der Waals surface area contributed by atoms with E-state index in [0.717, 1.165) is 19.3 Å². The third-order valence-electron chi connectivity index (χ3n) is 1.06. The van der Waals surface area contributed by atoms with Gasteiger partial charge in [0.2, 0.25) is 0 Å². The lowest BCUT2D eigenvalue weighted by Crippen LogP contribution is -1.71. The first kappa shape index (κ1) is 8.56. The Kier molecular flexibility index (Phi) is 7.19. The highest BCUT2D eigenvalue weighted by molar-refractivity contribution is 4.98. The van der Waals surface area contributed by atoms with Gasteiger partial charge >= 0.3 is 0 Å². The summed E-state index contributed by atoms with van der Waals surface area (Å²) in [6.07, 6.45) is 6.63. The normalized spacial score (nSPS) is 8.22. The Balaban J connectivity index is 2.90. The van der Waals surface area contributed by atoms with Crippen LogP contribution in [0.5, 0.6) is 0 Å². The molecule has 0 unspecified atom stereocenters. The molecule has 0 saturated heterocycles. The molecule has 9 heavy (non-hydrogen) atoms. The zero-order chi connectivity index (χ0) is 6.95. The smallest absolute Gasteiger partial charge is 0.00914 e. The van der Waals surface area contributed by atoms with Gasteiger partial charge in [-0.15, -0.1) is 11.8 Å². The van der Waals surface area contributed by atoms with E-state index < -0.39 is 0 Å². The minimum Gasteiger partial charge on any atom is -0.104 e. The summed E-state index contributed by atoms with van der Waals surface area (Å²) in [5.74, 6) is 6.13. The highest BCUT2D eigenvalue weighted by Crippen LogP contribution is 1.94. The van der Waals surface area contributed by atoms with Crippen molar-refractivity contribution in [3.8, 4) is 11.8 Å². The Morgan fingerprint density at radius 2 is 2.00 bits per heavy atom. The molecule has 0 nitrogen and oxygen atoms in total. The van der Waals surface area contributed by atoms with Crippen molar-refractivity contribution in [1.29, 1.82) is 0 Å². The summed E-state index contributed by atoms with van der Waals surface area (Å²) in [5, 5.41) is 0. The number of rotatable bonds is 3. The third-order valence-corrected chi connectivity index (χ3v) is 1.06. The predicted molar refractivity (Wildman–Crippen MR) is 41.9 cm³/mol. The van der Waals surface area contributed by atoms with Crippen molar-refractivity contribution in [3.63, 3.8) is 0 Å². The second-order valence-electron chi connectivity index (χ2n) is 1.94. The van der Waals surface area contributed by atoms with Gasteiger partial charge in [-0.2, -0.15) is 0 Å². The second kappa shape index (κ2) is 7.56. The predicted octanol–water partition coefficient (Wildman–Crippen LogP) is 2.79. The monoisotopic (exact) mass is 123 g/mol. The second-order valence-corrected chi connectivity index (χ2v) is 1.94. The molecule has 0 fully saturated rings. The largest absolute Gasteiger partial charge is 0.104 e. The van der Waals surface area contributed by atoms with Gasteiger partial charge in [-0.05, 0) is 12.8 Å². The fourth-order valence-corrected chi connectivity index (χ4v) is 0.592. The van der Waals surface area contributed by atoms with Crippen LogP contribution in [0, 0.1) is 18.3 Å². The Labute approximate surface area is 58.7 Å². The molecule has 51 valence electrons. The molecule has 0 aliphatic heterocycles. The summed E-state index contributed by atoms with van der Waals surface area (Å²) in [5.41, 5.74) is 0. The summed E-state index contributed by atoms with van der Waals surface area (Å²) in [6.45, 7) is 4.24. The lowest BCUT2D eigenvalue weighted by atomic mass is 10.2. The summed E-state index contributed by atoms with van der Waals surface area (Å²) >= 11 is 0. The van der Waals surface area contributed by atoms with Gasteiger partial charge in [-0.3, -0.25) is 0 Å². The van der Waals surface area contributed by atoms with Crippen LogP contribution in [0.4, 0.5) is 0 Å². The van der Waals surface area contributed by atoms with Crippen molar-refractivity contribution >= 4 is 0 Å². The van der Waals surface area contributed by atoms with Crippen molar-refractivity contribution in [2.75, 3.05) is 0 Å². The highest BCUT2D eigenvalue weighted by Gasteiger charge is 1.79. The quantitative estimate of drug-likeness (QED) is 0.400. The van der Waals surface area contributed by atoms with E-state index in [-0.39, 0.29) is 0 Å². The standard InChI is InChI=1S/C9H15/c1-3-5-7-9-8-6-4-2/h5H,3-4,7,9H2,1-2H3. The van der Waals surface area contributed by atoms with Gasteiger partial charge in [-0.25, -0.2) is 0 Å². The lowest BCUT2D eigenvalue weighted by Gasteiger charge is -1.86. The van der Waals surface area contributed by atoms with Gasteiger partial charge in [0.1, 0.15) is 0 Å². The van der Waals surface area contributed by atoms with E-state index in [1.165, 1.54) is 6.42 Å². The Bertz CT molecular complexity index is 92.3. The molecule has 0 aromatic heterocycles. The molecule has 1 radical (unpaired) electrons. The minimum atomic E-state index is 0.992. The Morgan fingerprint density at radius 1 is 1.22 bits per heavy atom. The van der Waals surface area contributed by atoms with E-state index in [1.807, 2.05) is 0 Å². The Hall–Kier alpha value is -0.440. The van der Waals surface area contributed by atoms with Gasteiger partial charge in [0.05, 0.1) is 0 Å². The molecule has 0 saturated carbocycles. The SMILES string of the molecule is CCC#CCC[CH]CC. The topological polar surface area (TPSA) is 0 Å². The maximum absolute atomic E-state index is 3.09. The van der Waals surface area contributed by atoms with Crippen LogP contribution in [-0.4, -0.2) is 0 Å². The van der Waals surface area contributed by atoms with Crippen LogP contribution >= 0.6 is 0 Å². The fraction of sp³-hybridized carbons (Fsp3) is 0.667. The molecule has 0 spiro atoms. The number of hydrogen-bond donors (Lipinski definition) is 0. The van der Waals surface area contributed by atoms with Gasteiger partial charge in [-0.1, -0.05) is 20.3 Å². The van der Waals surface area contributed by atoms with Gasteiger partial charge < -0.3 is 0 Å². The first-order chi connectivity index (χ1) is 4.41. The van der Waals surface area contributed by atoms with Crippen LogP contribution in [0.15, 0.2) is 0 Å². The van der Waals surface area contributed by atoms with Crippen molar-refractivity contribution < 1.29 is 0 Å². The molecular formula is C9H15. The number of unbranched alkanes of at least 4 members (excludes halogenated alkanes) is 3. The average Bonchev–Trinajstić information content (AvgIpc) is 1.89. The van der Waals surface area contributed by atoms with Crippen molar-refractivity contribution in [2.45, 2.75) is 39.5 Å². The van der Waals surface area contributed by atoms with E-state index in [1.54, 1.807) is 0 Å². The number of hydrogen-bond acceptors (Lipinski definition) is 0. The molecule has 0 heterocycles. The van der Waals surface area contributed by atoms with E-state index in [2.05, 4.69) is 32.1 Å². The molecule has 0 amide bonds. The van der Waals surface area contributed by atoms with Gasteiger partial charge in [0, 0.05) is 12.8 Å². The zero-order valence-corrected chi connectivity index (χ0v) is 6.41. The summed E-state index contributed by atoms with van der Waals surface area (Å²) in [7, 11) is 0. The molecule has 0 aliphatic carbocycles. The molecule has 0 aromatic rings. The van der Waals surface area contributed by atoms with Gasteiger partial charge in [0.15, 0.2) is 0 Å². The average molecular weight is 123 g/mol. The van der Waals surface area contributed by atoms with Crippen molar-refractivity contribution in [3.05, 3.63) is 6.42 Å². The Morgan fingerprint density at radius 3 is 2.56 bits per heavy atom. The highest BCUT2D eigenvalue weighted by atomic mass is 13.8. The zero-order valence-electron chi connectivity index (χ0n) is 6.41. The molecule has 0 N–H and O–H groups in total. The first-order valence-corrected chi connectivity index (χ1v) is 3.69. The van der Waals surface area contributed by atoms with Gasteiger partial charge in [0.25, 0.3) is 0 Å². The fourth-order valence-electron chi connectivity index (χ4n) is 0.592. The molecule has 0 aromatic carbocycles. The van der Waals surface area contributed by atoms with E-state index in [4.69, 9.17) is 0 Å². The first-order valence-electron chi connectivity index (χ1n) is 3.69. The lowest BCUT2D eigenvalue weighted by molar-refractivity contribution is 0.915. The maximum atomic E-state index is 3.09. The van der Waals surface area contributed by atoms with Crippen LogP contribution in [0.25, 0.3) is 0 Å². The molecule has 0 heteroatoms. The summed E-state index contributed by atoms with van der Waals surface area (Å²) in [4.78, 5) is 0. The van der Waals surface area contributed by atoms with Crippen LogP contribution in [-0.2, 0) is 0 Å². The van der Waals surface area contributed by atoms with Crippen LogP contribution in [0.2, 0.25) is 0 Å². The molecule has 0 rings (SSSR count). The summed E-state index contributed by atoms with van der Waals surface area (Å²) in [6, 6.07) is 0. The van der Waals surface area contributed by atoms with E-state index in [0.29, 0.717) is 0 Å². The van der Waals surface area contributed by atoms with Crippen molar-refractivity contribution in [1.82, 2.24) is 0 Å². The molecule has 0 aliphatic rings. The van der Waals surface area contributed by atoms with E-state index >= 15 is 0 Å². The van der Waals surface area contributed by atoms with Crippen LogP contribution in [0.3, 0.4) is 0 Å². The maximum Gasteiger partial charge on any atom is 0.00914 e. The summed E-state index contributed by atoms with van der Waals surface area (Å²) < 4.78 is 0. The van der Waals surface area contributed by atoms with E-state index in [9.17, 15) is 0 Å². The van der Waals surface area contributed by atoms with Crippen LogP contribution in [0.1, 0.15) is 39.5 Å².